The first-order valence-corrected chi connectivity index (χ1v) is 8.81. The Morgan fingerprint density at radius 1 is 1.15 bits per heavy atom. The first kappa shape index (κ1) is 19.8. The number of nitrogens with one attached hydrogen (secondary N) is 2. The standard InChI is InChI=1S/C19H27N3O4/c1-5-22(6-2)15-9-7-14(8-10-15)17-16(13(3)20-19(24)21-17)18(23)26-12-11-25-4/h7-10,17H,5-6,11-12H2,1-4H3,(H2,20,21,24)/t17-/m0/s1. The summed E-state index contributed by atoms with van der Waals surface area (Å²) in [5, 5.41) is 5.45. The zero-order chi connectivity index (χ0) is 19.1. The lowest BCUT2D eigenvalue weighted by atomic mass is 9.95. The molecule has 0 radical (unpaired) electrons. The highest BCUT2D eigenvalue weighted by atomic mass is 16.6. The van der Waals surface area contributed by atoms with Crippen LogP contribution in [0, 0.1) is 0 Å². The van der Waals surface area contributed by atoms with Crippen molar-refractivity contribution in [1.82, 2.24) is 10.6 Å². The highest BCUT2D eigenvalue weighted by Gasteiger charge is 2.32. The lowest BCUT2D eigenvalue weighted by Gasteiger charge is -2.28. The van der Waals surface area contributed by atoms with Crippen LogP contribution in [0.5, 0.6) is 0 Å². The van der Waals surface area contributed by atoms with E-state index in [1.54, 1.807) is 14.0 Å². The Balaban J connectivity index is 2.27. The van der Waals surface area contributed by atoms with E-state index in [1.807, 2.05) is 24.3 Å². The van der Waals surface area contributed by atoms with Gasteiger partial charge in [-0.1, -0.05) is 12.1 Å². The number of amides is 2. The van der Waals surface area contributed by atoms with Crippen LogP contribution in [0.15, 0.2) is 35.5 Å². The van der Waals surface area contributed by atoms with Crippen LogP contribution in [0.25, 0.3) is 0 Å². The van der Waals surface area contributed by atoms with E-state index < -0.39 is 12.0 Å². The largest absolute Gasteiger partial charge is 0.460 e. The smallest absolute Gasteiger partial charge is 0.338 e. The Kier molecular flexibility index (Phi) is 7.03. The topological polar surface area (TPSA) is 79.9 Å². The maximum Gasteiger partial charge on any atom is 0.338 e. The molecule has 0 saturated heterocycles. The van der Waals surface area contributed by atoms with Crippen LogP contribution in [0.4, 0.5) is 10.5 Å². The monoisotopic (exact) mass is 361 g/mol. The fourth-order valence-corrected chi connectivity index (χ4v) is 2.98. The molecule has 26 heavy (non-hydrogen) atoms. The summed E-state index contributed by atoms with van der Waals surface area (Å²) < 4.78 is 10.2. The molecule has 2 amide bonds. The van der Waals surface area contributed by atoms with Gasteiger partial charge in [0.05, 0.1) is 18.2 Å². The first-order valence-electron chi connectivity index (χ1n) is 8.81. The Morgan fingerprint density at radius 2 is 1.81 bits per heavy atom. The number of allylic oxidation sites excluding steroid dienone is 1. The van der Waals surface area contributed by atoms with Gasteiger partial charge in [-0.05, 0) is 38.5 Å². The molecular formula is C19H27N3O4. The molecule has 7 heteroatoms. The van der Waals surface area contributed by atoms with Gasteiger partial charge in [-0.3, -0.25) is 0 Å². The van der Waals surface area contributed by atoms with Gasteiger partial charge < -0.3 is 25.0 Å². The summed E-state index contributed by atoms with van der Waals surface area (Å²) >= 11 is 0. The Hall–Kier alpha value is -2.54. The summed E-state index contributed by atoms with van der Waals surface area (Å²) in [5.74, 6) is -0.468. The molecule has 0 fully saturated rings. The third-order valence-electron chi connectivity index (χ3n) is 4.36. The van der Waals surface area contributed by atoms with Crippen molar-refractivity contribution >= 4 is 17.7 Å². The molecule has 1 heterocycles. The van der Waals surface area contributed by atoms with Crippen molar-refractivity contribution in [2.24, 2.45) is 0 Å². The fourth-order valence-electron chi connectivity index (χ4n) is 2.98. The number of ether oxygens (including phenoxy) is 2. The summed E-state index contributed by atoms with van der Waals surface area (Å²) in [7, 11) is 1.54. The molecule has 0 saturated carbocycles. The van der Waals surface area contributed by atoms with E-state index in [1.165, 1.54) is 0 Å². The van der Waals surface area contributed by atoms with E-state index in [0.29, 0.717) is 17.9 Å². The van der Waals surface area contributed by atoms with Gasteiger partial charge in [0.15, 0.2) is 0 Å². The van der Waals surface area contributed by atoms with Gasteiger partial charge >= 0.3 is 12.0 Å². The van der Waals surface area contributed by atoms with Crippen molar-refractivity contribution in [3.8, 4) is 0 Å². The SMILES string of the molecule is CCN(CC)c1ccc([C@@H]2NC(=O)NC(C)=C2C(=O)OCCOC)cc1. The molecule has 2 N–H and O–H groups in total. The molecule has 142 valence electrons. The van der Waals surface area contributed by atoms with Crippen molar-refractivity contribution in [1.29, 1.82) is 0 Å². The highest BCUT2D eigenvalue weighted by Crippen LogP contribution is 2.29. The predicted molar refractivity (Wildman–Crippen MR) is 99.9 cm³/mol. The van der Waals surface area contributed by atoms with E-state index in [0.717, 1.165) is 24.3 Å². The van der Waals surface area contributed by atoms with Gasteiger partial charge in [0.1, 0.15) is 6.61 Å². The maximum atomic E-state index is 12.5. The maximum absolute atomic E-state index is 12.5. The van der Waals surface area contributed by atoms with Gasteiger partial charge in [-0.15, -0.1) is 0 Å². The van der Waals surface area contributed by atoms with E-state index in [-0.39, 0.29) is 12.6 Å². The third-order valence-corrected chi connectivity index (χ3v) is 4.36. The molecule has 0 bridgehead atoms. The van der Waals surface area contributed by atoms with Crippen molar-refractivity contribution in [2.45, 2.75) is 26.8 Å². The number of urea groups is 1. The van der Waals surface area contributed by atoms with Crippen LogP contribution in [-0.2, 0) is 14.3 Å². The predicted octanol–water partition coefficient (Wildman–Crippen LogP) is 2.35. The highest BCUT2D eigenvalue weighted by molar-refractivity contribution is 5.95. The second-order valence-corrected chi connectivity index (χ2v) is 5.96. The normalized spacial score (nSPS) is 16.8. The summed E-state index contributed by atoms with van der Waals surface area (Å²) in [4.78, 5) is 26.7. The fraction of sp³-hybridized carbons (Fsp3) is 0.474. The van der Waals surface area contributed by atoms with E-state index >= 15 is 0 Å². The third kappa shape index (κ3) is 4.54. The number of carbonyl (C=O) groups excluding carboxylic acids is 2. The minimum atomic E-state index is -0.551. The van der Waals surface area contributed by atoms with Gasteiger partial charge in [0.25, 0.3) is 0 Å². The van der Waals surface area contributed by atoms with Crippen molar-refractivity contribution < 1.29 is 19.1 Å². The summed E-state index contributed by atoms with van der Waals surface area (Å²) in [6, 6.07) is 6.97. The molecule has 2 rings (SSSR count). The van der Waals surface area contributed by atoms with Crippen molar-refractivity contribution in [2.75, 3.05) is 38.3 Å². The number of rotatable bonds is 8. The number of methoxy groups -OCH3 is 1. The number of anilines is 1. The molecule has 7 nitrogen and oxygen atoms in total. The van der Waals surface area contributed by atoms with Crippen molar-refractivity contribution in [3.05, 3.63) is 41.1 Å². The number of nitrogens with zero attached hydrogens (tertiary/aromatic N) is 1. The summed E-state index contributed by atoms with van der Waals surface area (Å²) in [6.45, 7) is 8.21. The zero-order valence-corrected chi connectivity index (χ0v) is 15.8. The number of benzene rings is 1. The minimum Gasteiger partial charge on any atom is -0.460 e. The van der Waals surface area contributed by atoms with E-state index in [2.05, 4.69) is 29.4 Å². The second-order valence-electron chi connectivity index (χ2n) is 5.96. The van der Waals surface area contributed by atoms with Crippen LogP contribution < -0.4 is 15.5 Å². The minimum absolute atomic E-state index is 0.160. The van der Waals surface area contributed by atoms with Crippen molar-refractivity contribution in [3.63, 3.8) is 0 Å². The Labute approximate surface area is 154 Å². The zero-order valence-electron chi connectivity index (χ0n) is 15.8. The van der Waals surface area contributed by atoms with Gasteiger partial charge in [0.2, 0.25) is 0 Å². The average Bonchev–Trinajstić information content (AvgIpc) is 2.62. The molecule has 1 aliphatic heterocycles. The van der Waals surface area contributed by atoms with E-state index in [4.69, 9.17) is 9.47 Å². The second kappa shape index (κ2) is 9.24. The van der Waals surface area contributed by atoms with Crippen LogP contribution in [0.2, 0.25) is 0 Å². The molecule has 0 spiro atoms. The van der Waals surface area contributed by atoms with Gasteiger partial charge in [-0.25, -0.2) is 9.59 Å². The molecule has 1 aromatic rings. The molecule has 1 aromatic carbocycles. The summed E-state index contributed by atoms with van der Waals surface area (Å²) in [5.41, 5.74) is 2.82. The number of carbonyl (C=O) groups is 2. The van der Waals surface area contributed by atoms with Gasteiger partial charge in [-0.2, -0.15) is 0 Å². The quantitative estimate of drug-likeness (QED) is 0.549. The molecule has 0 unspecified atom stereocenters. The van der Waals surface area contributed by atoms with Crippen LogP contribution in [-0.4, -0.2) is 45.4 Å². The van der Waals surface area contributed by atoms with Crippen LogP contribution in [0.3, 0.4) is 0 Å². The van der Waals surface area contributed by atoms with Crippen LogP contribution >= 0.6 is 0 Å². The van der Waals surface area contributed by atoms with Crippen LogP contribution in [0.1, 0.15) is 32.4 Å². The Bertz CT molecular complexity index is 666. The lowest BCUT2D eigenvalue weighted by molar-refractivity contribution is -0.140. The molecule has 0 aromatic heterocycles. The molecular weight excluding hydrogens is 334 g/mol. The molecule has 1 aliphatic rings. The first-order chi connectivity index (χ1) is 12.5. The number of hydrogen-bond acceptors (Lipinski definition) is 5. The van der Waals surface area contributed by atoms with E-state index in [9.17, 15) is 9.59 Å². The van der Waals surface area contributed by atoms with Gasteiger partial charge in [0, 0.05) is 31.6 Å². The molecule has 1 atom stereocenters. The molecule has 0 aliphatic carbocycles. The number of esters is 1. The average molecular weight is 361 g/mol. The Morgan fingerprint density at radius 3 is 2.38 bits per heavy atom. The number of hydrogen-bond donors (Lipinski definition) is 2. The lowest BCUT2D eigenvalue weighted by Crippen LogP contribution is -2.45. The summed E-state index contributed by atoms with van der Waals surface area (Å²) in [6.07, 6.45) is 0.